The number of anilines is 2. The SMILES string of the molecule is COc1cc(NC(=S)NC(=O)c2ccc(-c3ccc(C)c(Cl)c3)o2)ccc1NC(=O)c1cccs1. The van der Waals surface area contributed by atoms with Crippen molar-refractivity contribution in [2.45, 2.75) is 6.92 Å². The van der Waals surface area contributed by atoms with Crippen molar-refractivity contribution in [2.24, 2.45) is 0 Å². The summed E-state index contributed by atoms with van der Waals surface area (Å²) in [6.45, 7) is 1.91. The molecule has 2 aromatic carbocycles. The minimum absolute atomic E-state index is 0.0729. The maximum absolute atomic E-state index is 12.6. The minimum Gasteiger partial charge on any atom is -0.494 e. The molecule has 0 atom stereocenters. The number of ether oxygens (including phenoxy) is 1. The Balaban J connectivity index is 1.39. The Morgan fingerprint density at radius 1 is 1.03 bits per heavy atom. The van der Waals surface area contributed by atoms with E-state index in [2.05, 4.69) is 16.0 Å². The third-order valence-corrected chi connectivity index (χ3v) is 6.45. The average Bonchev–Trinajstić information content (AvgIpc) is 3.54. The number of carbonyl (C=O) groups is 2. The molecule has 178 valence electrons. The van der Waals surface area contributed by atoms with Crippen molar-refractivity contribution in [3.63, 3.8) is 0 Å². The summed E-state index contributed by atoms with van der Waals surface area (Å²) in [7, 11) is 1.50. The number of carbonyl (C=O) groups excluding carboxylic acids is 2. The van der Waals surface area contributed by atoms with Crippen molar-refractivity contribution in [2.75, 3.05) is 17.7 Å². The van der Waals surface area contributed by atoms with E-state index in [-0.39, 0.29) is 16.8 Å². The van der Waals surface area contributed by atoms with Crippen LogP contribution in [0.1, 0.15) is 25.8 Å². The fraction of sp³-hybridized carbons (Fsp3) is 0.0800. The van der Waals surface area contributed by atoms with Crippen LogP contribution in [-0.4, -0.2) is 24.0 Å². The molecule has 4 aromatic rings. The zero-order valence-electron chi connectivity index (χ0n) is 18.7. The molecular weight excluding hydrogens is 506 g/mol. The van der Waals surface area contributed by atoms with Gasteiger partial charge in [0, 0.05) is 22.3 Å². The second kappa shape index (κ2) is 10.7. The molecule has 2 aromatic heterocycles. The smallest absolute Gasteiger partial charge is 0.293 e. The summed E-state index contributed by atoms with van der Waals surface area (Å²) in [5, 5.41) is 10.8. The molecule has 7 nitrogen and oxygen atoms in total. The van der Waals surface area contributed by atoms with Crippen LogP contribution in [0.4, 0.5) is 11.4 Å². The highest BCUT2D eigenvalue weighted by molar-refractivity contribution is 7.80. The number of rotatable bonds is 6. The molecule has 2 amide bonds. The second-order valence-corrected chi connectivity index (χ2v) is 9.15. The zero-order valence-corrected chi connectivity index (χ0v) is 21.1. The largest absolute Gasteiger partial charge is 0.494 e. The van der Waals surface area contributed by atoms with Gasteiger partial charge in [-0.2, -0.15) is 0 Å². The van der Waals surface area contributed by atoms with Crippen LogP contribution in [-0.2, 0) is 0 Å². The zero-order chi connectivity index (χ0) is 24.9. The third kappa shape index (κ3) is 5.89. The van der Waals surface area contributed by atoms with Crippen molar-refractivity contribution in [3.8, 4) is 17.1 Å². The van der Waals surface area contributed by atoms with Crippen molar-refractivity contribution >= 4 is 63.5 Å². The molecule has 0 unspecified atom stereocenters. The van der Waals surface area contributed by atoms with E-state index in [4.69, 9.17) is 33.0 Å². The fourth-order valence-corrected chi connectivity index (χ4v) is 4.16. The van der Waals surface area contributed by atoms with Gasteiger partial charge in [-0.05, 0) is 66.5 Å². The Hall–Kier alpha value is -3.66. The first-order valence-corrected chi connectivity index (χ1v) is 12.0. The molecule has 0 aliphatic carbocycles. The maximum atomic E-state index is 12.6. The molecule has 2 heterocycles. The molecule has 0 aliphatic rings. The molecule has 0 radical (unpaired) electrons. The molecule has 0 fully saturated rings. The van der Waals surface area contributed by atoms with Crippen LogP contribution in [0, 0.1) is 6.92 Å². The Morgan fingerprint density at radius 3 is 2.57 bits per heavy atom. The first kappa shape index (κ1) is 24.5. The Kier molecular flexibility index (Phi) is 7.50. The van der Waals surface area contributed by atoms with Crippen LogP contribution in [0.25, 0.3) is 11.3 Å². The summed E-state index contributed by atoms with van der Waals surface area (Å²) in [5.41, 5.74) is 2.78. The van der Waals surface area contributed by atoms with Gasteiger partial charge in [0.25, 0.3) is 11.8 Å². The number of nitrogens with one attached hydrogen (secondary N) is 3. The molecule has 0 saturated heterocycles. The van der Waals surface area contributed by atoms with E-state index in [9.17, 15) is 9.59 Å². The van der Waals surface area contributed by atoms with E-state index < -0.39 is 5.91 Å². The quantitative estimate of drug-likeness (QED) is 0.254. The van der Waals surface area contributed by atoms with Gasteiger partial charge in [0.2, 0.25) is 0 Å². The summed E-state index contributed by atoms with van der Waals surface area (Å²) in [6, 6.07) is 17.4. The molecule has 10 heteroatoms. The van der Waals surface area contributed by atoms with Gasteiger partial charge >= 0.3 is 0 Å². The van der Waals surface area contributed by atoms with Gasteiger partial charge in [0.15, 0.2) is 10.9 Å². The number of amides is 2. The first-order valence-electron chi connectivity index (χ1n) is 10.4. The fourth-order valence-electron chi connectivity index (χ4n) is 3.15. The molecule has 35 heavy (non-hydrogen) atoms. The van der Waals surface area contributed by atoms with E-state index in [1.807, 2.05) is 24.4 Å². The number of hydrogen-bond donors (Lipinski definition) is 3. The summed E-state index contributed by atoms with van der Waals surface area (Å²) in [4.78, 5) is 25.5. The third-order valence-electron chi connectivity index (χ3n) is 4.97. The van der Waals surface area contributed by atoms with Crippen LogP contribution < -0.4 is 20.7 Å². The summed E-state index contributed by atoms with van der Waals surface area (Å²) < 4.78 is 11.1. The van der Waals surface area contributed by atoms with E-state index >= 15 is 0 Å². The summed E-state index contributed by atoms with van der Waals surface area (Å²) >= 11 is 12.8. The van der Waals surface area contributed by atoms with Crippen LogP contribution in [0.15, 0.2) is 70.5 Å². The van der Waals surface area contributed by atoms with E-state index in [0.717, 1.165) is 11.1 Å². The number of hydrogen-bond acceptors (Lipinski definition) is 6. The predicted octanol–water partition coefficient (Wildman–Crippen LogP) is 6.36. The number of thiocarbonyl (C=S) groups is 1. The Bertz CT molecular complexity index is 1400. The maximum Gasteiger partial charge on any atom is 0.293 e. The number of furan rings is 1. The normalized spacial score (nSPS) is 10.5. The molecular formula is C25H20ClN3O4S2. The predicted molar refractivity (Wildman–Crippen MR) is 143 cm³/mol. The number of halogens is 1. The molecule has 0 bridgehead atoms. The lowest BCUT2D eigenvalue weighted by atomic mass is 10.1. The summed E-state index contributed by atoms with van der Waals surface area (Å²) in [5.74, 6) is 0.318. The molecule has 0 spiro atoms. The molecule has 4 rings (SSSR count). The number of methoxy groups -OCH3 is 1. The lowest BCUT2D eigenvalue weighted by Gasteiger charge is -2.13. The molecule has 0 aliphatic heterocycles. The lowest BCUT2D eigenvalue weighted by molar-refractivity contribution is 0.0950. The monoisotopic (exact) mass is 525 g/mol. The minimum atomic E-state index is -0.501. The Morgan fingerprint density at radius 2 is 1.86 bits per heavy atom. The number of thiophene rings is 1. The Labute approximate surface area is 216 Å². The second-order valence-electron chi connectivity index (χ2n) is 7.38. The highest BCUT2D eigenvalue weighted by Crippen LogP contribution is 2.29. The van der Waals surface area contributed by atoms with Crippen LogP contribution in [0.2, 0.25) is 5.02 Å². The highest BCUT2D eigenvalue weighted by atomic mass is 35.5. The topological polar surface area (TPSA) is 92.6 Å². The van der Waals surface area contributed by atoms with Crippen LogP contribution >= 0.6 is 35.2 Å². The van der Waals surface area contributed by atoms with Crippen LogP contribution in [0.5, 0.6) is 5.75 Å². The van der Waals surface area contributed by atoms with Gasteiger partial charge in [-0.3, -0.25) is 14.9 Å². The lowest BCUT2D eigenvalue weighted by Crippen LogP contribution is -2.33. The molecule has 3 N–H and O–H groups in total. The highest BCUT2D eigenvalue weighted by Gasteiger charge is 2.16. The van der Waals surface area contributed by atoms with Crippen LogP contribution in [0.3, 0.4) is 0 Å². The van der Waals surface area contributed by atoms with Crippen molar-refractivity contribution < 1.29 is 18.7 Å². The molecule has 0 saturated carbocycles. The van der Waals surface area contributed by atoms with Gasteiger partial charge in [0.1, 0.15) is 11.5 Å². The van der Waals surface area contributed by atoms with E-state index in [0.29, 0.717) is 32.8 Å². The van der Waals surface area contributed by atoms with Gasteiger partial charge in [-0.1, -0.05) is 29.8 Å². The van der Waals surface area contributed by atoms with Crippen molar-refractivity contribution in [1.29, 1.82) is 0 Å². The number of benzene rings is 2. The van der Waals surface area contributed by atoms with Gasteiger partial charge < -0.3 is 19.8 Å². The van der Waals surface area contributed by atoms with Crippen molar-refractivity contribution in [3.05, 3.63) is 87.3 Å². The standard InChI is InChI=1S/C25H20ClN3O4S2/c1-14-5-6-15(12-17(14)26)19-9-10-20(33-19)23(30)29-25(34)27-16-7-8-18(21(13-16)32-2)28-24(31)22-4-3-11-35-22/h3-13H,1-2H3,(H,28,31)(H2,27,29,30,34). The van der Waals surface area contributed by atoms with Gasteiger partial charge in [-0.25, -0.2) is 0 Å². The number of aryl methyl sites for hydroxylation is 1. The van der Waals surface area contributed by atoms with E-state index in [1.165, 1.54) is 18.4 Å². The first-order chi connectivity index (χ1) is 16.8. The van der Waals surface area contributed by atoms with Gasteiger partial charge in [-0.15, -0.1) is 11.3 Å². The van der Waals surface area contributed by atoms with Crippen molar-refractivity contribution in [1.82, 2.24) is 5.32 Å². The van der Waals surface area contributed by atoms with E-state index in [1.54, 1.807) is 48.5 Å². The average molecular weight is 526 g/mol. The summed E-state index contributed by atoms with van der Waals surface area (Å²) in [6.07, 6.45) is 0. The van der Waals surface area contributed by atoms with Gasteiger partial charge in [0.05, 0.1) is 17.7 Å².